The standard InChI is InChI=1S/C14H14BrN5/c1-8(2)12-13(17)18-7-19-14(12)20-11-4-3-10(15)5-9(11)6-16/h3-5,7-8H,1-2H3,(H3,17,18,19,20). The summed E-state index contributed by atoms with van der Waals surface area (Å²) in [6, 6.07) is 7.59. The number of nitrogen functional groups attached to an aromatic ring is 1. The van der Waals surface area contributed by atoms with Crippen LogP contribution in [0.1, 0.15) is 30.9 Å². The normalized spacial score (nSPS) is 10.3. The van der Waals surface area contributed by atoms with E-state index >= 15 is 0 Å². The summed E-state index contributed by atoms with van der Waals surface area (Å²) >= 11 is 3.35. The minimum absolute atomic E-state index is 0.180. The molecule has 0 radical (unpaired) electrons. The highest BCUT2D eigenvalue weighted by Crippen LogP contribution is 2.30. The third kappa shape index (κ3) is 2.89. The second-order valence-corrected chi connectivity index (χ2v) is 5.52. The van der Waals surface area contributed by atoms with E-state index in [1.165, 1.54) is 6.33 Å². The highest BCUT2D eigenvalue weighted by molar-refractivity contribution is 9.10. The van der Waals surface area contributed by atoms with E-state index in [2.05, 4.69) is 37.3 Å². The number of benzene rings is 1. The Kier molecular flexibility index (Phi) is 4.20. The number of nitrogens with two attached hydrogens (primary N) is 1. The third-order valence-electron chi connectivity index (χ3n) is 2.85. The Labute approximate surface area is 126 Å². The summed E-state index contributed by atoms with van der Waals surface area (Å²) in [5.41, 5.74) is 7.98. The molecule has 3 N–H and O–H groups in total. The van der Waals surface area contributed by atoms with Crippen molar-refractivity contribution in [2.24, 2.45) is 0 Å². The molecule has 0 amide bonds. The zero-order valence-electron chi connectivity index (χ0n) is 11.2. The molecule has 0 aliphatic rings. The zero-order valence-corrected chi connectivity index (χ0v) is 12.8. The van der Waals surface area contributed by atoms with Gasteiger partial charge >= 0.3 is 0 Å². The van der Waals surface area contributed by atoms with E-state index in [0.717, 1.165) is 10.0 Å². The van der Waals surface area contributed by atoms with Crippen LogP contribution in [0.3, 0.4) is 0 Å². The van der Waals surface area contributed by atoms with Gasteiger partial charge in [-0.15, -0.1) is 0 Å². The van der Waals surface area contributed by atoms with Crippen LogP contribution >= 0.6 is 15.9 Å². The van der Waals surface area contributed by atoms with Gasteiger partial charge in [0.2, 0.25) is 0 Å². The Morgan fingerprint density at radius 2 is 2.10 bits per heavy atom. The Hall–Kier alpha value is -2.13. The van der Waals surface area contributed by atoms with Crippen LogP contribution in [0.4, 0.5) is 17.3 Å². The minimum atomic E-state index is 0.180. The van der Waals surface area contributed by atoms with Gasteiger partial charge in [-0.3, -0.25) is 0 Å². The predicted octanol–water partition coefficient (Wildman–Crippen LogP) is 3.56. The molecule has 0 bridgehead atoms. The maximum Gasteiger partial charge on any atom is 0.139 e. The maximum atomic E-state index is 9.19. The smallest absolute Gasteiger partial charge is 0.139 e. The fraction of sp³-hybridized carbons (Fsp3) is 0.214. The Balaban J connectivity index is 2.46. The number of aromatic nitrogens is 2. The summed E-state index contributed by atoms with van der Waals surface area (Å²) in [4.78, 5) is 8.24. The molecule has 1 heterocycles. The van der Waals surface area contributed by atoms with Crippen LogP contribution < -0.4 is 11.1 Å². The molecule has 0 fully saturated rings. The van der Waals surface area contributed by atoms with Crippen LogP contribution in [-0.4, -0.2) is 9.97 Å². The molecule has 0 unspecified atom stereocenters. The highest BCUT2D eigenvalue weighted by atomic mass is 79.9. The largest absolute Gasteiger partial charge is 0.383 e. The van der Waals surface area contributed by atoms with Gasteiger partial charge in [-0.1, -0.05) is 29.8 Å². The van der Waals surface area contributed by atoms with Gasteiger partial charge in [0.05, 0.1) is 11.3 Å². The summed E-state index contributed by atoms with van der Waals surface area (Å²) < 4.78 is 0.853. The predicted molar refractivity (Wildman–Crippen MR) is 82.7 cm³/mol. The first-order valence-corrected chi connectivity index (χ1v) is 6.89. The van der Waals surface area contributed by atoms with Crippen molar-refractivity contribution in [3.63, 3.8) is 0 Å². The van der Waals surface area contributed by atoms with Crippen LogP contribution in [0, 0.1) is 11.3 Å². The summed E-state index contributed by atoms with van der Waals surface area (Å²) in [6.07, 6.45) is 1.41. The van der Waals surface area contributed by atoms with Gasteiger partial charge in [0.15, 0.2) is 0 Å². The van der Waals surface area contributed by atoms with Gasteiger partial charge in [-0.05, 0) is 24.1 Å². The van der Waals surface area contributed by atoms with Crippen LogP contribution in [0.15, 0.2) is 29.0 Å². The molecule has 2 aromatic rings. The van der Waals surface area contributed by atoms with E-state index in [9.17, 15) is 5.26 Å². The Morgan fingerprint density at radius 1 is 1.35 bits per heavy atom. The molecule has 5 nitrogen and oxygen atoms in total. The van der Waals surface area contributed by atoms with E-state index in [-0.39, 0.29) is 5.92 Å². The lowest BCUT2D eigenvalue weighted by Gasteiger charge is -2.15. The fourth-order valence-corrected chi connectivity index (χ4v) is 2.28. The van der Waals surface area contributed by atoms with E-state index in [1.54, 1.807) is 6.07 Å². The first-order valence-electron chi connectivity index (χ1n) is 6.10. The molecule has 0 aliphatic carbocycles. The summed E-state index contributed by atoms with van der Waals surface area (Å²) in [6.45, 7) is 4.04. The van der Waals surface area contributed by atoms with Crippen molar-refractivity contribution in [2.45, 2.75) is 19.8 Å². The first kappa shape index (κ1) is 14.3. The van der Waals surface area contributed by atoms with Gasteiger partial charge in [0, 0.05) is 10.0 Å². The first-order chi connectivity index (χ1) is 9.52. The molecule has 1 aromatic carbocycles. The van der Waals surface area contributed by atoms with Crippen LogP contribution in [0.25, 0.3) is 0 Å². The SMILES string of the molecule is CC(C)c1c(N)ncnc1Nc1ccc(Br)cc1C#N. The lowest BCUT2D eigenvalue weighted by molar-refractivity contribution is 0.855. The molecule has 102 valence electrons. The number of hydrogen-bond acceptors (Lipinski definition) is 5. The zero-order chi connectivity index (χ0) is 14.7. The Morgan fingerprint density at radius 3 is 2.75 bits per heavy atom. The van der Waals surface area contributed by atoms with Crippen molar-refractivity contribution in [1.82, 2.24) is 9.97 Å². The molecule has 6 heteroatoms. The molecular weight excluding hydrogens is 318 g/mol. The van der Waals surface area contributed by atoms with Gasteiger partial charge in [0.25, 0.3) is 0 Å². The molecule has 0 saturated carbocycles. The van der Waals surface area contributed by atoms with E-state index in [0.29, 0.717) is 22.9 Å². The van der Waals surface area contributed by atoms with E-state index in [1.807, 2.05) is 26.0 Å². The molecule has 0 spiro atoms. The van der Waals surface area contributed by atoms with Crippen molar-refractivity contribution in [2.75, 3.05) is 11.1 Å². The highest BCUT2D eigenvalue weighted by Gasteiger charge is 2.14. The monoisotopic (exact) mass is 331 g/mol. The molecule has 0 aliphatic heterocycles. The average molecular weight is 332 g/mol. The maximum absolute atomic E-state index is 9.19. The fourth-order valence-electron chi connectivity index (χ4n) is 1.92. The lowest BCUT2D eigenvalue weighted by atomic mass is 10.0. The number of nitrogens with one attached hydrogen (secondary N) is 1. The Bertz CT molecular complexity index is 676. The van der Waals surface area contributed by atoms with Gasteiger partial charge in [0.1, 0.15) is 24.0 Å². The lowest BCUT2D eigenvalue weighted by Crippen LogP contribution is -2.07. The van der Waals surface area contributed by atoms with Gasteiger partial charge in [-0.2, -0.15) is 5.26 Å². The number of anilines is 3. The average Bonchev–Trinajstić information content (AvgIpc) is 2.40. The van der Waals surface area contributed by atoms with E-state index in [4.69, 9.17) is 5.73 Å². The van der Waals surface area contributed by atoms with Crippen LogP contribution in [-0.2, 0) is 0 Å². The van der Waals surface area contributed by atoms with Crippen LogP contribution in [0.5, 0.6) is 0 Å². The second-order valence-electron chi connectivity index (χ2n) is 4.60. The van der Waals surface area contributed by atoms with Crippen LogP contribution in [0.2, 0.25) is 0 Å². The summed E-state index contributed by atoms with van der Waals surface area (Å²) in [7, 11) is 0. The van der Waals surface area contributed by atoms with Crippen molar-refractivity contribution in [3.05, 3.63) is 40.1 Å². The molecule has 20 heavy (non-hydrogen) atoms. The molecule has 2 rings (SSSR count). The molecular formula is C14H14BrN5. The van der Waals surface area contributed by atoms with Gasteiger partial charge < -0.3 is 11.1 Å². The quantitative estimate of drug-likeness (QED) is 0.897. The number of halogens is 1. The van der Waals surface area contributed by atoms with Crippen molar-refractivity contribution in [3.8, 4) is 6.07 Å². The van der Waals surface area contributed by atoms with Crippen molar-refractivity contribution >= 4 is 33.3 Å². The summed E-state index contributed by atoms with van der Waals surface area (Å²) in [5, 5.41) is 12.4. The molecule has 1 aromatic heterocycles. The summed E-state index contributed by atoms with van der Waals surface area (Å²) in [5.74, 6) is 1.26. The number of hydrogen-bond donors (Lipinski definition) is 2. The number of nitriles is 1. The van der Waals surface area contributed by atoms with Crippen molar-refractivity contribution in [1.29, 1.82) is 5.26 Å². The van der Waals surface area contributed by atoms with Crippen molar-refractivity contribution < 1.29 is 0 Å². The minimum Gasteiger partial charge on any atom is -0.383 e. The molecule has 0 saturated heterocycles. The van der Waals surface area contributed by atoms with E-state index < -0.39 is 0 Å². The third-order valence-corrected chi connectivity index (χ3v) is 3.34. The topological polar surface area (TPSA) is 87.6 Å². The second kappa shape index (κ2) is 5.88. The molecule has 0 atom stereocenters. The van der Waals surface area contributed by atoms with Gasteiger partial charge in [-0.25, -0.2) is 9.97 Å². The number of nitrogens with zero attached hydrogens (tertiary/aromatic N) is 3. The number of rotatable bonds is 3.